The lowest BCUT2D eigenvalue weighted by Gasteiger charge is -2.03. The van der Waals surface area contributed by atoms with Gasteiger partial charge in [-0.1, -0.05) is 6.42 Å². The molecule has 0 aromatic rings. The number of rotatable bonds is 8. The number of carbonyl (C=O) groups excluding carboxylic acids is 1. The molecule has 0 saturated heterocycles. The summed E-state index contributed by atoms with van der Waals surface area (Å²) in [6, 6.07) is -0.716. The van der Waals surface area contributed by atoms with E-state index in [1.807, 2.05) is 0 Å². The quantitative estimate of drug-likeness (QED) is 0.249. The van der Waals surface area contributed by atoms with Crippen molar-refractivity contribution in [2.75, 3.05) is 13.1 Å². The molecule has 118 valence electrons. The van der Waals surface area contributed by atoms with Crippen molar-refractivity contribution in [3.05, 3.63) is 0 Å². The van der Waals surface area contributed by atoms with E-state index in [1.165, 1.54) is 0 Å². The lowest BCUT2D eigenvalue weighted by Crippen LogP contribution is -2.33. The van der Waals surface area contributed by atoms with Gasteiger partial charge in [0.2, 0.25) is 5.91 Å². The van der Waals surface area contributed by atoms with Gasteiger partial charge in [0, 0.05) is 0 Å². The molecule has 20 heavy (non-hydrogen) atoms. The molecule has 0 rings (SSSR count). The van der Waals surface area contributed by atoms with Crippen molar-refractivity contribution in [3.63, 3.8) is 0 Å². The maximum Gasteiger partial charge on any atom is 0.322 e. The number of nitrogens with one attached hydrogen (secondary N) is 1. The highest BCUT2D eigenvalue weighted by molar-refractivity contribution is 7.81. The number of hydrogen-bond donors (Lipinski definition) is 6. The molecule has 0 saturated carbocycles. The molecule has 0 aliphatic rings. The highest BCUT2D eigenvalue weighted by Gasteiger charge is 2.09. The number of carboxylic acid groups (broad SMARTS) is 2. The minimum atomic E-state index is -1.05. The van der Waals surface area contributed by atoms with Gasteiger partial charge in [-0.05, 0) is 26.3 Å². The van der Waals surface area contributed by atoms with Crippen molar-refractivity contribution >= 4 is 30.5 Å². The van der Waals surface area contributed by atoms with Gasteiger partial charge in [-0.25, -0.2) is 0 Å². The Kier molecular flexibility index (Phi) is 13.3. The number of carbonyl (C=O) groups is 3. The first-order valence-corrected chi connectivity index (χ1v) is 6.60. The van der Waals surface area contributed by atoms with E-state index >= 15 is 0 Å². The van der Waals surface area contributed by atoms with Crippen LogP contribution in [-0.2, 0) is 14.4 Å². The summed E-state index contributed by atoms with van der Waals surface area (Å²) in [6.45, 7) is 1.83. The summed E-state index contributed by atoms with van der Waals surface area (Å²) >= 11 is 3.79. The fraction of sp³-hybridized carbons (Fsp3) is 0.727. The van der Waals surface area contributed by atoms with E-state index in [0.717, 1.165) is 12.8 Å². The van der Waals surface area contributed by atoms with Crippen molar-refractivity contribution < 1.29 is 24.6 Å². The standard InChI is InChI=1S/C6H14N2O2.C5H9NO3S/c7-4-2-1-3-5(8)6(9)10;1-3(10)5(9)6-2-4(7)8/h5H,1-4,7-8H2,(H,9,10);3,10H,2H2,1H3,(H,6,9)(H,7,8)/t5-;/m0./s1. The molecule has 1 unspecified atom stereocenters. The van der Waals surface area contributed by atoms with E-state index in [0.29, 0.717) is 13.0 Å². The van der Waals surface area contributed by atoms with Gasteiger partial charge in [-0.15, -0.1) is 0 Å². The Morgan fingerprint density at radius 3 is 2.15 bits per heavy atom. The number of hydrogen-bond acceptors (Lipinski definition) is 6. The zero-order valence-electron chi connectivity index (χ0n) is 11.4. The van der Waals surface area contributed by atoms with Gasteiger partial charge < -0.3 is 27.0 Å². The molecule has 0 spiro atoms. The fourth-order valence-electron chi connectivity index (χ4n) is 0.942. The SMILES string of the molecule is CC(S)C(=O)NCC(=O)O.NCCCC[C@H](N)C(=O)O. The number of carboxylic acids is 2. The van der Waals surface area contributed by atoms with Crippen LogP contribution in [0.2, 0.25) is 0 Å². The lowest BCUT2D eigenvalue weighted by molar-refractivity contribution is -0.139. The van der Waals surface area contributed by atoms with Crippen LogP contribution in [-0.4, -0.2) is 52.4 Å². The summed E-state index contributed by atoms with van der Waals surface area (Å²) in [7, 11) is 0. The largest absolute Gasteiger partial charge is 0.480 e. The fourth-order valence-corrected chi connectivity index (χ4v) is 1.03. The van der Waals surface area contributed by atoms with Gasteiger partial charge in [0.25, 0.3) is 0 Å². The van der Waals surface area contributed by atoms with Crippen LogP contribution >= 0.6 is 12.6 Å². The van der Waals surface area contributed by atoms with Crippen LogP contribution in [0.5, 0.6) is 0 Å². The Balaban J connectivity index is 0. The number of thiol groups is 1. The molecule has 0 aromatic carbocycles. The first kappa shape index (κ1) is 21.0. The highest BCUT2D eigenvalue weighted by atomic mass is 32.1. The van der Waals surface area contributed by atoms with Crippen molar-refractivity contribution in [2.24, 2.45) is 11.5 Å². The third-order valence-corrected chi connectivity index (χ3v) is 2.31. The molecule has 0 heterocycles. The maximum absolute atomic E-state index is 10.6. The zero-order valence-corrected chi connectivity index (χ0v) is 12.3. The van der Waals surface area contributed by atoms with Gasteiger partial charge in [0.15, 0.2) is 0 Å². The Hall–Kier alpha value is -1.32. The lowest BCUT2D eigenvalue weighted by atomic mass is 10.1. The van der Waals surface area contributed by atoms with E-state index in [2.05, 4.69) is 17.9 Å². The molecule has 0 aromatic heterocycles. The molecule has 0 bridgehead atoms. The van der Waals surface area contributed by atoms with Crippen LogP contribution < -0.4 is 16.8 Å². The van der Waals surface area contributed by atoms with Crippen LogP contribution in [0.1, 0.15) is 26.2 Å². The normalized spacial score (nSPS) is 12.6. The van der Waals surface area contributed by atoms with Gasteiger partial charge >= 0.3 is 11.9 Å². The maximum atomic E-state index is 10.6. The second kappa shape index (κ2) is 12.7. The topological polar surface area (TPSA) is 156 Å². The summed E-state index contributed by atoms with van der Waals surface area (Å²) in [6.07, 6.45) is 2.16. The third-order valence-electron chi connectivity index (χ3n) is 2.08. The van der Waals surface area contributed by atoms with Crippen molar-refractivity contribution in [3.8, 4) is 0 Å². The van der Waals surface area contributed by atoms with E-state index in [-0.39, 0.29) is 12.5 Å². The van der Waals surface area contributed by atoms with Crippen molar-refractivity contribution in [1.82, 2.24) is 5.32 Å². The van der Waals surface area contributed by atoms with Crippen LogP contribution in [0.3, 0.4) is 0 Å². The number of unbranched alkanes of at least 4 members (excludes halogenated alkanes) is 1. The summed E-state index contributed by atoms with van der Waals surface area (Å²) in [5, 5.41) is 18.1. The number of aliphatic carboxylic acids is 2. The van der Waals surface area contributed by atoms with E-state index in [1.54, 1.807) is 6.92 Å². The van der Waals surface area contributed by atoms with Gasteiger partial charge in [-0.2, -0.15) is 12.6 Å². The van der Waals surface area contributed by atoms with Gasteiger partial charge in [-0.3, -0.25) is 14.4 Å². The number of amides is 1. The van der Waals surface area contributed by atoms with Crippen molar-refractivity contribution in [2.45, 2.75) is 37.5 Å². The zero-order chi connectivity index (χ0) is 16.1. The van der Waals surface area contributed by atoms with Crippen LogP contribution in [0.4, 0.5) is 0 Å². The average Bonchev–Trinajstić information content (AvgIpc) is 2.36. The molecule has 1 amide bonds. The summed E-state index contributed by atoms with van der Waals surface area (Å²) in [5.41, 5.74) is 10.4. The molecule has 9 heteroatoms. The molecular weight excluding hydrogens is 286 g/mol. The molecule has 0 fully saturated rings. The third kappa shape index (κ3) is 14.7. The minimum Gasteiger partial charge on any atom is -0.480 e. The van der Waals surface area contributed by atoms with Crippen LogP contribution in [0, 0.1) is 0 Å². The Morgan fingerprint density at radius 2 is 1.80 bits per heavy atom. The Labute approximate surface area is 123 Å². The average molecular weight is 309 g/mol. The first-order chi connectivity index (χ1) is 9.22. The number of nitrogens with two attached hydrogens (primary N) is 2. The van der Waals surface area contributed by atoms with E-state index < -0.39 is 23.2 Å². The molecule has 8 nitrogen and oxygen atoms in total. The molecule has 7 N–H and O–H groups in total. The first-order valence-electron chi connectivity index (χ1n) is 6.08. The van der Waals surface area contributed by atoms with E-state index in [9.17, 15) is 14.4 Å². The second-order valence-electron chi connectivity index (χ2n) is 4.02. The summed E-state index contributed by atoms with van der Waals surface area (Å²) < 4.78 is 0. The smallest absolute Gasteiger partial charge is 0.322 e. The molecule has 0 aliphatic carbocycles. The molecule has 0 radical (unpaired) electrons. The molecular formula is C11H23N3O5S. The monoisotopic (exact) mass is 309 g/mol. The predicted molar refractivity (Wildman–Crippen MR) is 77.6 cm³/mol. The summed E-state index contributed by atoms with van der Waals surface area (Å²) in [4.78, 5) is 30.6. The Bertz CT molecular complexity index is 312. The van der Waals surface area contributed by atoms with Crippen LogP contribution in [0.25, 0.3) is 0 Å². The van der Waals surface area contributed by atoms with Crippen molar-refractivity contribution in [1.29, 1.82) is 0 Å². The van der Waals surface area contributed by atoms with Crippen LogP contribution in [0.15, 0.2) is 0 Å². The van der Waals surface area contributed by atoms with Gasteiger partial charge in [0.05, 0.1) is 5.25 Å². The molecule has 2 atom stereocenters. The van der Waals surface area contributed by atoms with E-state index in [4.69, 9.17) is 21.7 Å². The van der Waals surface area contributed by atoms with Gasteiger partial charge in [0.1, 0.15) is 12.6 Å². The minimum absolute atomic E-state index is 0.344. The predicted octanol–water partition coefficient (Wildman–Crippen LogP) is -0.967. The second-order valence-corrected chi connectivity index (χ2v) is 4.79. The summed E-state index contributed by atoms with van der Waals surface area (Å²) in [5.74, 6) is -2.36. The Morgan fingerprint density at radius 1 is 1.25 bits per heavy atom. The highest BCUT2D eigenvalue weighted by Crippen LogP contribution is 1.97. The molecule has 0 aliphatic heterocycles.